The largest absolute Gasteiger partial charge is 0.482 e. The Morgan fingerprint density at radius 3 is 2.39 bits per heavy atom. The van der Waals surface area contributed by atoms with E-state index < -0.39 is 18.4 Å². The maximum Gasteiger partial charge on any atom is 0.341 e. The first kappa shape index (κ1) is 20.9. The number of carboxylic acid groups (broad SMARTS) is 1. The van der Waals surface area contributed by atoms with Crippen molar-refractivity contribution in [1.82, 2.24) is 10.6 Å². The highest BCUT2D eigenvalue weighted by atomic mass is 19.1. The summed E-state index contributed by atoms with van der Waals surface area (Å²) in [6.45, 7) is -0.176. The number of carbonyl (C=O) groups is 3. The van der Waals surface area contributed by atoms with Gasteiger partial charge in [-0.3, -0.25) is 9.59 Å². The summed E-state index contributed by atoms with van der Waals surface area (Å²) in [5.74, 6) is -1.69. The molecule has 0 radical (unpaired) electrons. The fourth-order valence-electron chi connectivity index (χ4n) is 2.38. The van der Waals surface area contributed by atoms with Crippen LogP contribution < -0.4 is 15.4 Å². The number of nitrogens with one attached hydrogen (secondary N) is 2. The molecule has 148 valence electrons. The van der Waals surface area contributed by atoms with Crippen LogP contribution in [0.3, 0.4) is 0 Å². The molecule has 0 aliphatic heterocycles. The van der Waals surface area contributed by atoms with Crippen LogP contribution in [-0.4, -0.2) is 42.6 Å². The predicted octanol–water partition coefficient (Wildman–Crippen LogP) is 1.31. The predicted molar refractivity (Wildman–Crippen MR) is 99.4 cm³/mol. The first-order valence-electron chi connectivity index (χ1n) is 8.64. The maximum atomic E-state index is 13.1. The lowest BCUT2D eigenvalue weighted by Gasteiger charge is -2.08. The molecule has 2 rings (SSSR count). The Morgan fingerprint density at radius 2 is 1.71 bits per heavy atom. The van der Waals surface area contributed by atoms with Crippen molar-refractivity contribution >= 4 is 17.8 Å². The summed E-state index contributed by atoms with van der Waals surface area (Å²) in [5, 5.41) is 13.7. The van der Waals surface area contributed by atoms with Crippen LogP contribution in [-0.2, 0) is 27.2 Å². The maximum absolute atomic E-state index is 13.1. The summed E-state index contributed by atoms with van der Waals surface area (Å²) in [5.41, 5.74) is 1.48. The van der Waals surface area contributed by atoms with Crippen LogP contribution in [0.4, 0.5) is 4.39 Å². The fraction of sp³-hybridized carbons (Fsp3) is 0.250. The van der Waals surface area contributed by atoms with Gasteiger partial charge < -0.3 is 20.5 Å². The van der Waals surface area contributed by atoms with Crippen molar-refractivity contribution in [2.24, 2.45) is 0 Å². The summed E-state index contributed by atoms with van der Waals surface area (Å²) in [6, 6.07) is 12.6. The molecule has 28 heavy (non-hydrogen) atoms. The zero-order valence-corrected chi connectivity index (χ0v) is 15.1. The van der Waals surface area contributed by atoms with Gasteiger partial charge in [-0.25, -0.2) is 9.18 Å². The zero-order chi connectivity index (χ0) is 20.4. The van der Waals surface area contributed by atoms with E-state index in [4.69, 9.17) is 9.84 Å². The molecule has 2 aromatic carbocycles. The minimum atomic E-state index is -1.05. The van der Waals surface area contributed by atoms with E-state index in [0.717, 1.165) is 5.56 Å². The number of hydrogen-bond donors (Lipinski definition) is 3. The first-order valence-corrected chi connectivity index (χ1v) is 8.64. The molecule has 0 aliphatic rings. The highest BCUT2D eigenvalue weighted by Crippen LogP contribution is 2.12. The van der Waals surface area contributed by atoms with Crippen molar-refractivity contribution < 1.29 is 28.6 Å². The third-order valence-electron chi connectivity index (χ3n) is 3.72. The molecule has 0 saturated heterocycles. The van der Waals surface area contributed by atoms with Gasteiger partial charge in [0.1, 0.15) is 11.6 Å². The van der Waals surface area contributed by atoms with Crippen molar-refractivity contribution in [2.45, 2.75) is 12.8 Å². The van der Waals surface area contributed by atoms with Crippen molar-refractivity contribution in [3.63, 3.8) is 0 Å². The number of rotatable bonds is 10. The number of hydrogen-bond acceptors (Lipinski definition) is 4. The Bertz CT molecular complexity index is 824. The van der Waals surface area contributed by atoms with Crippen LogP contribution in [0.25, 0.3) is 0 Å². The monoisotopic (exact) mass is 388 g/mol. The van der Waals surface area contributed by atoms with Crippen LogP contribution in [0.15, 0.2) is 48.5 Å². The minimum absolute atomic E-state index is 0.00133. The second-order valence-electron chi connectivity index (χ2n) is 6.01. The average molecular weight is 388 g/mol. The lowest BCUT2D eigenvalue weighted by atomic mass is 10.1. The van der Waals surface area contributed by atoms with Gasteiger partial charge in [-0.1, -0.05) is 24.3 Å². The van der Waals surface area contributed by atoms with E-state index in [9.17, 15) is 18.8 Å². The molecule has 0 heterocycles. The zero-order valence-electron chi connectivity index (χ0n) is 15.1. The molecule has 0 bridgehead atoms. The van der Waals surface area contributed by atoms with E-state index in [-0.39, 0.29) is 24.8 Å². The molecule has 7 nitrogen and oxygen atoms in total. The molecule has 8 heteroatoms. The van der Waals surface area contributed by atoms with Crippen LogP contribution in [0.1, 0.15) is 11.1 Å². The summed E-state index contributed by atoms with van der Waals surface area (Å²) < 4.78 is 18.1. The molecule has 0 fully saturated rings. The van der Waals surface area contributed by atoms with E-state index in [1.54, 1.807) is 30.3 Å². The molecule has 0 aromatic heterocycles. The van der Waals surface area contributed by atoms with Gasteiger partial charge >= 0.3 is 5.97 Å². The van der Waals surface area contributed by atoms with Crippen molar-refractivity contribution in [3.05, 3.63) is 65.5 Å². The fourth-order valence-corrected chi connectivity index (χ4v) is 2.38. The lowest BCUT2D eigenvalue weighted by molar-refractivity contribution is -0.139. The van der Waals surface area contributed by atoms with Gasteiger partial charge in [0.25, 0.3) is 0 Å². The van der Waals surface area contributed by atoms with Crippen LogP contribution in [0.5, 0.6) is 5.75 Å². The van der Waals surface area contributed by atoms with Crippen molar-refractivity contribution in [1.29, 1.82) is 0 Å². The Labute approximate surface area is 161 Å². The second kappa shape index (κ2) is 10.7. The van der Waals surface area contributed by atoms with E-state index in [1.807, 2.05) is 0 Å². The molecule has 2 aromatic rings. The summed E-state index contributed by atoms with van der Waals surface area (Å²) >= 11 is 0. The number of carbonyl (C=O) groups excluding carboxylic acids is 2. The number of ether oxygens (including phenoxy) is 1. The topological polar surface area (TPSA) is 105 Å². The third kappa shape index (κ3) is 7.86. The Balaban J connectivity index is 1.64. The summed E-state index contributed by atoms with van der Waals surface area (Å²) in [7, 11) is 0. The smallest absolute Gasteiger partial charge is 0.341 e. The summed E-state index contributed by atoms with van der Waals surface area (Å²) in [4.78, 5) is 34.0. The molecule has 2 amide bonds. The van der Waals surface area contributed by atoms with Crippen LogP contribution in [0.2, 0.25) is 0 Å². The Kier molecular flexibility index (Phi) is 7.95. The molecule has 0 unspecified atom stereocenters. The lowest BCUT2D eigenvalue weighted by Crippen LogP contribution is -2.38. The standard InChI is InChI=1S/C20H21FN2O5/c21-16-3-1-2-15(10-16)11-18(24)23-12-19(25)22-9-8-14-4-6-17(7-5-14)28-13-20(26)27/h1-7,10H,8-9,11-13H2,(H,22,25)(H,23,24)(H,26,27). The first-order chi connectivity index (χ1) is 13.4. The van der Waals surface area contributed by atoms with E-state index in [2.05, 4.69) is 10.6 Å². The normalized spacial score (nSPS) is 10.2. The molecular formula is C20H21FN2O5. The Morgan fingerprint density at radius 1 is 0.964 bits per heavy atom. The molecule has 0 saturated carbocycles. The molecule has 0 atom stereocenters. The van der Waals surface area contributed by atoms with E-state index in [1.165, 1.54) is 18.2 Å². The van der Waals surface area contributed by atoms with E-state index >= 15 is 0 Å². The third-order valence-corrected chi connectivity index (χ3v) is 3.72. The second-order valence-corrected chi connectivity index (χ2v) is 6.01. The van der Waals surface area contributed by atoms with Gasteiger partial charge in [-0.05, 0) is 41.8 Å². The number of amides is 2. The molecule has 0 spiro atoms. The number of aliphatic carboxylic acids is 1. The van der Waals surface area contributed by atoms with Crippen LogP contribution in [0, 0.1) is 5.82 Å². The highest BCUT2D eigenvalue weighted by molar-refractivity contribution is 5.85. The van der Waals surface area contributed by atoms with Crippen molar-refractivity contribution in [3.8, 4) is 5.75 Å². The SMILES string of the molecule is O=C(O)COc1ccc(CCNC(=O)CNC(=O)Cc2cccc(F)c2)cc1. The number of benzene rings is 2. The number of carboxylic acids is 1. The highest BCUT2D eigenvalue weighted by Gasteiger charge is 2.07. The molecule has 3 N–H and O–H groups in total. The van der Waals surface area contributed by atoms with Gasteiger partial charge in [0.2, 0.25) is 11.8 Å². The van der Waals surface area contributed by atoms with Crippen molar-refractivity contribution in [2.75, 3.05) is 19.7 Å². The Hall–Kier alpha value is -3.42. The van der Waals surface area contributed by atoms with Gasteiger partial charge in [0.05, 0.1) is 13.0 Å². The van der Waals surface area contributed by atoms with Gasteiger partial charge in [-0.2, -0.15) is 0 Å². The molecular weight excluding hydrogens is 367 g/mol. The van der Waals surface area contributed by atoms with Crippen LogP contribution >= 0.6 is 0 Å². The van der Waals surface area contributed by atoms with Gasteiger partial charge in [0, 0.05) is 6.54 Å². The van der Waals surface area contributed by atoms with Gasteiger partial charge in [-0.15, -0.1) is 0 Å². The quantitative estimate of drug-likeness (QED) is 0.569. The molecule has 0 aliphatic carbocycles. The summed E-state index contributed by atoms with van der Waals surface area (Å²) in [6.07, 6.45) is 0.573. The average Bonchev–Trinajstić information content (AvgIpc) is 2.66. The van der Waals surface area contributed by atoms with Gasteiger partial charge in [0.15, 0.2) is 6.61 Å². The number of halogens is 1. The minimum Gasteiger partial charge on any atom is -0.482 e. The van der Waals surface area contributed by atoms with E-state index in [0.29, 0.717) is 24.3 Å².